The van der Waals surface area contributed by atoms with E-state index in [0.29, 0.717) is 54.3 Å². The van der Waals surface area contributed by atoms with Crippen molar-refractivity contribution in [2.75, 3.05) is 7.11 Å². The van der Waals surface area contributed by atoms with Crippen LogP contribution in [-0.2, 0) is 31.0 Å². The lowest BCUT2D eigenvalue weighted by atomic mass is 9.77. The van der Waals surface area contributed by atoms with E-state index < -0.39 is 67.9 Å². The van der Waals surface area contributed by atoms with Crippen LogP contribution in [-0.4, -0.2) is 85.9 Å². The molecule has 6 rings (SSSR count). The first-order chi connectivity index (χ1) is 25.5. The molecule has 290 valence electrons. The number of rotatable bonds is 15. The Balaban J connectivity index is 1.31. The molecule has 2 heterocycles. The molecule has 17 heteroatoms. The highest BCUT2D eigenvalue weighted by molar-refractivity contribution is 7.91. The number of hydrogen-bond acceptors (Lipinski definition) is 11. The van der Waals surface area contributed by atoms with Crippen LogP contribution in [0.4, 0.5) is 0 Å². The van der Waals surface area contributed by atoms with Crippen LogP contribution in [0.15, 0.2) is 43.0 Å². The quantitative estimate of drug-likeness (QED) is 0.192. The number of aromatic nitrogens is 6. The van der Waals surface area contributed by atoms with Gasteiger partial charge in [0.05, 0.1) is 30.1 Å². The van der Waals surface area contributed by atoms with E-state index in [1.807, 2.05) is 27.7 Å². The molecule has 2 aromatic heterocycles. The van der Waals surface area contributed by atoms with Crippen molar-refractivity contribution in [1.82, 2.24) is 45.3 Å². The highest BCUT2D eigenvalue weighted by Crippen LogP contribution is 2.49. The number of benzene rings is 1. The first-order valence-corrected chi connectivity index (χ1v) is 19.9. The molecule has 0 spiro atoms. The molecule has 0 saturated heterocycles. The Morgan fingerprint density at radius 3 is 2.39 bits per heavy atom. The van der Waals surface area contributed by atoms with E-state index in [9.17, 15) is 27.6 Å². The molecule has 0 bridgehead atoms. The first-order valence-electron chi connectivity index (χ1n) is 18.3. The molecule has 3 aliphatic carbocycles. The van der Waals surface area contributed by atoms with E-state index in [2.05, 4.69) is 42.4 Å². The third-order valence-corrected chi connectivity index (χ3v) is 12.5. The van der Waals surface area contributed by atoms with Gasteiger partial charge >= 0.3 is 0 Å². The number of carbonyl (C=O) groups excluding carboxylic acids is 4. The van der Waals surface area contributed by atoms with Crippen LogP contribution in [0.25, 0.3) is 11.4 Å². The maximum atomic E-state index is 14.8. The molecule has 3 N–H and O–H groups in total. The number of ether oxygens (including phenoxy) is 1. The van der Waals surface area contributed by atoms with Gasteiger partial charge in [-0.15, -0.1) is 16.8 Å². The van der Waals surface area contributed by atoms with Gasteiger partial charge < -0.3 is 15.4 Å². The van der Waals surface area contributed by atoms with Crippen LogP contribution in [0.3, 0.4) is 0 Å². The van der Waals surface area contributed by atoms with Gasteiger partial charge in [0.15, 0.2) is 5.78 Å². The van der Waals surface area contributed by atoms with E-state index in [0.717, 1.165) is 0 Å². The van der Waals surface area contributed by atoms with Gasteiger partial charge in [-0.2, -0.15) is 9.90 Å². The second-order valence-electron chi connectivity index (χ2n) is 15.7. The fourth-order valence-corrected chi connectivity index (χ4v) is 8.80. The van der Waals surface area contributed by atoms with Gasteiger partial charge in [-0.05, 0) is 99.3 Å². The van der Waals surface area contributed by atoms with Crippen molar-refractivity contribution >= 4 is 33.5 Å². The SMILES string of the molecule is C=CC[C@@H]1C[C@@]1(NC(=O)[C@@H]1C[C@@H](n2nnc(-c3ccc(OC)cc3)n2)CC1C(=O)C(NC(=O)c1cc(C)nn1CC)C(C)(C)C)C(=O)NS(=O)(=O)C1CC1. The van der Waals surface area contributed by atoms with Gasteiger partial charge in [-0.3, -0.25) is 28.6 Å². The Kier molecular flexibility index (Phi) is 10.6. The number of Topliss-reactive ketones (excluding diaryl/α,β-unsaturated/α-hetero) is 1. The smallest absolute Gasteiger partial charge is 0.270 e. The van der Waals surface area contributed by atoms with Crippen molar-refractivity contribution in [2.45, 2.75) is 103 Å². The molecule has 3 aliphatic rings. The van der Waals surface area contributed by atoms with Crippen molar-refractivity contribution in [1.29, 1.82) is 0 Å². The molecule has 54 heavy (non-hydrogen) atoms. The summed E-state index contributed by atoms with van der Waals surface area (Å²) in [5.41, 5.74) is -0.600. The molecule has 6 atom stereocenters. The van der Waals surface area contributed by atoms with E-state index in [4.69, 9.17) is 4.74 Å². The van der Waals surface area contributed by atoms with E-state index >= 15 is 0 Å². The zero-order valence-electron chi connectivity index (χ0n) is 31.5. The standard InChI is InChI=1S/C37H49N9O7S/c1-8-10-23-20-37(23,35(50)43-54(51,52)26-15-16-26)39-33(48)28-19-24(46-42-32(40-44-46)22-11-13-25(53-7)14-12-22)18-27(28)30(47)31(36(4,5)6)38-34(49)29-17-21(3)41-45(29)9-2/h8,11-14,17,23-24,26-28,31H,1,9-10,15-16,18-20H2,2-7H3,(H,38,49)(H,39,48)(H,43,50)/t23-,24+,27?,28-,31?,37+/m1/s1. The Morgan fingerprint density at radius 1 is 1.09 bits per heavy atom. The van der Waals surface area contributed by atoms with Crippen LogP contribution < -0.4 is 20.1 Å². The number of amides is 3. The lowest BCUT2D eigenvalue weighted by molar-refractivity contribution is -0.137. The van der Waals surface area contributed by atoms with Crippen molar-refractivity contribution in [2.24, 2.45) is 23.2 Å². The number of methoxy groups -OCH3 is 1. The molecule has 1 aromatic carbocycles. The monoisotopic (exact) mass is 763 g/mol. The minimum atomic E-state index is -3.89. The average molecular weight is 764 g/mol. The zero-order chi connectivity index (χ0) is 39.2. The van der Waals surface area contributed by atoms with Crippen LogP contribution in [0.5, 0.6) is 5.75 Å². The summed E-state index contributed by atoms with van der Waals surface area (Å²) in [6.07, 6.45) is 3.41. The minimum absolute atomic E-state index is 0.122. The molecule has 0 aliphatic heterocycles. The van der Waals surface area contributed by atoms with Gasteiger partial charge in [-0.1, -0.05) is 26.8 Å². The summed E-state index contributed by atoms with van der Waals surface area (Å²) in [5, 5.41) is 22.7. The second-order valence-corrected chi connectivity index (χ2v) is 17.7. The van der Waals surface area contributed by atoms with Crippen LogP contribution >= 0.6 is 0 Å². The number of hydrogen-bond donors (Lipinski definition) is 3. The molecule has 2 unspecified atom stereocenters. The number of nitrogens with one attached hydrogen (secondary N) is 3. The van der Waals surface area contributed by atoms with Crippen molar-refractivity contribution in [3.8, 4) is 17.1 Å². The summed E-state index contributed by atoms with van der Waals surface area (Å²) in [7, 11) is -2.33. The number of ketones is 1. The molecule has 3 saturated carbocycles. The second kappa shape index (κ2) is 14.7. The molecular formula is C37H49N9O7S. The fraction of sp³-hybridized carbons (Fsp3) is 0.568. The summed E-state index contributed by atoms with van der Waals surface area (Å²) in [6, 6.07) is 7.24. The number of nitrogens with zero attached hydrogens (tertiary/aromatic N) is 6. The summed E-state index contributed by atoms with van der Waals surface area (Å²) in [6.45, 7) is 13.4. The third kappa shape index (κ3) is 7.81. The minimum Gasteiger partial charge on any atom is -0.497 e. The van der Waals surface area contributed by atoms with Crippen molar-refractivity contribution < 1.29 is 32.3 Å². The van der Waals surface area contributed by atoms with Gasteiger partial charge in [-0.25, -0.2) is 8.42 Å². The highest BCUT2D eigenvalue weighted by Gasteiger charge is 2.62. The summed E-state index contributed by atoms with van der Waals surface area (Å²) in [4.78, 5) is 58.0. The molecule has 3 fully saturated rings. The molecule has 3 aromatic rings. The predicted molar refractivity (Wildman–Crippen MR) is 197 cm³/mol. The number of allylic oxidation sites excluding steroid dienone is 1. The number of aryl methyl sites for hydroxylation is 2. The summed E-state index contributed by atoms with van der Waals surface area (Å²) in [5.74, 6) is -3.48. The first kappa shape index (κ1) is 38.8. The maximum Gasteiger partial charge on any atom is 0.270 e. The zero-order valence-corrected chi connectivity index (χ0v) is 32.4. The lowest BCUT2D eigenvalue weighted by Gasteiger charge is -2.33. The topological polar surface area (TPSA) is 209 Å². The molecule has 16 nitrogen and oxygen atoms in total. The average Bonchev–Trinajstić information content (AvgIpc) is 3.92. The van der Waals surface area contributed by atoms with Crippen molar-refractivity contribution in [3.63, 3.8) is 0 Å². The Labute approximate surface area is 314 Å². The van der Waals surface area contributed by atoms with Crippen LogP contribution in [0.1, 0.15) is 88.4 Å². The predicted octanol–water partition coefficient (Wildman–Crippen LogP) is 2.91. The molecule has 3 amide bonds. The van der Waals surface area contributed by atoms with E-state index in [-0.39, 0.29) is 31.0 Å². The lowest BCUT2D eigenvalue weighted by Crippen LogP contribution is -2.56. The van der Waals surface area contributed by atoms with E-state index in [1.165, 1.54) is 4.80 Å². The van der Waals surface area contributed by atoms with E-state index in [1.54, 1.807) is 55.1 Å². The largest absolute Gasteiger partial charge is 0.497 e. The fourth-order valence-electron chi connectivity index (χ4n) is 7.44. The van der Waals surface area contributed by atoms with Crippen LogP contribution in [0, 0.1) is 30.1 Å². The van der Waals surface area contributed by atoms with Gasteiger partial charge in [0, 0.05) is 23.9 Å². The Morgan fingerprint density at radius 2 is 1.78 bits per heavy atom. The molecule has 0 radical (unpaired) electrons. The van der Waals surface area contributed by atoms with Gasteiger partial charge in [0.2, 0.25) is 21.8 Å². The third-order valence-electron chi connectivity index (χ3n) is 10.7. The van der Waals surface area contributed by atoms with Gasteiger partial charge in [0.25, 0.3) is 11.8 Å². The Bertz CT molecular complexity index is 2050. The number of tetrazole rings is 1. The normalized spacial score (nSPS) is 24.3. The van der Waals surface area contributed by atoms with Gasteiger partial charge in [0.1, 0.15) is 17.0 Å². The van der Waals surface area contributed by atoms with Crippen molar-refractivity contribution in [3.05, 3.63) is 54.4 Å². The number of sulfonamides is 1. The van der Waals surface area contributed by atoms with Crippen LogP contribution in [0.2, 0.25) is 0 Å². The highest BCUT2D eigenvalue weighted by atomic mass is 32.2. The number of carbonyl (C=O) groups is 4. The summed E-state index contributed by atoms with van der Waals surface area (Å²) >= 11 is 0. The maximum absolute atomic E-state index is 14.8. The summed E-state index contributed by atoms with van der Waals surface area (Å²) < 4.78 is 34.6. The Hall–Kier alpha value is -4.93. The molecular weight excluding hydrogens is 715 g/mol.